The van der Waals surface area contributed by atoms with E-state index in [9.17, 15) is 19.3 Å². The number of nitrogens with zero attached hydrogens (tertiary/aromatic N) is 1. The van der Waals surface area contributed by atoms with Crippen LogP contribution < -0.4 is 0 Å². The number of carbonyl (C=O) groups is 1. The first-order valence-electron chi connectivity index (χ1n) is 3.70. The summed E-state index contributed by atoms with van der Waals surface area (Å²) in [5.41, 5.74) is -1.01. The summed E-state index contributed by atoms with van der Waals surface area (Å²) in [5.74, 6) is -1.66. The van der Waals surface area contributed by atoms with Crippen molar-refractivity contribution in [2.75, 3.05) is 5.33 Å². The van der Waals surface area contributed by atoms with E-state index < -0.39 is 22.2 Å². The Morgan fingerprint density at radius 2 is 2.13 bits per heavy atom. The fourth-order valence-electron chi connectivity index (χ4n) is 1.00. The first-order valence-corrected chi connectivity index (χ1v) is 5.62. The van der Waals surface area contributed by atoms with E-state index in [1.165, 1.54) is 6.07 Å². The third kappa shape index (κ3) is 2.40. The van der Waals surface area contributed by atoms with Gasteiger partial charge in [0.1, 0.15) is 0 Å². The lowest BCUT2D eigenvalue weighted by Gasteiger charge is -2.03. The van der Waals surface area contributed by atoms with Gasteiger partial charge in [0.05, 0.1) is 15.8 Å². The highest BCUT2D eigenvalue weighted by molar-refractivity contribution is 9.10. The third-order valence-electron chi connectivity index (χ3n) is 1.67. The number of benzene rings is 1. The smallest absolute Gasteiger partial charge is 0.293 e. The lowest BCUT2D eigenvalue weighted by atomic mass is 10.1. The Morgan fingerprint density at radius 3 is 2.60 bits per heavy atom. The van der Waals surface area contributed by atoms with Crippen LogP contribution in [-0.2, 0) is 0 Å². The van der Waals surface area contributed by atoms with Crippen molar-refractivity contribution in [3.8, 4) is 0 Å². The number of nitro benzene ring substituents is 1. The van der Waals surface area contributed by atoms with Crippen LogP contribution in [0.3, 0.4) is 0 Å². The van der Waals surface area contributed by atoms with Gasteiger partial charge in [0, 0.05) is 10.5 Å². The molecule has 0 spiro atoms. The van der Waals surface area contributed by atoms with Crippen LogP contribution in [0.15, 0.2) is 16.6 Å². The van der Waals surface area contributed by atoms with E-state index in [1.54, 1.807) is 0 Å². The Kier molecular flexibility index (Phi) is 3.92. The summed E-state index contributed by atoms with van der Waals surface area (Å²) in [4.78, 5) is 20.8. The molecule has 1 rings (SSSR count). The molecule has 0 bridgehead atoms. The Bertz CT molecular complexity index is 436. The molecular formula is C8H4Br2FNO3. The van der Waals surface area contributed by atoms with Gasteiger partial charge in [-0.05, 0) is 22.0 Å². The van der Waals surface area contributed by atoms with Gasteiger partial charge >= 0.3 is 5.69 Å². The van der Waals surface area contributed by atoms with Gasteiger partial charge in [-0.15, -0.1) is 0 Å². The van der Waals surface area contributed by atoms with E-state index in [0.29, 0.717) is 0 Å². The zero-order chi connectivity index (χ0) is 11.6. The van der Waals surface area contributed by atoms with Gasteiger partial charge < -0.3 is 0 Å². The molecule has 0 saturated carbocycles. The van der Waals surface area contributed by atoms with Crippen LogP contribution in [0.5, 0.6) is 0 Å². The molecule has 0 fully saturated rings. The number of hydrogen-bond acceptors (Lipinski definition) is 3. The first-order chi connectivity index (χ1) is 6.99. The molecule has 80 valence electrons. The van der Waals surface area contributed by atoms with E-state index in [1.807, 2.05) is 0 Å². The Balaban J connectivity index is 3.43. The number of carbonyl (C=O) groups excluding carboxylic acids is 1. The highest BCUT2D eigenvalue weighted by atomic mass is 79.9. The van der Waals surface area contributed by atoms with Crippen LogP contribution in [0, 0.1) is 15.9 Å². The molecule has 0 atom stereocenters. The average molecular weight is 341 g/mol. The van der Waals surface area contributed by atoms with E-state index in [-0.39, 0.29) is 15.4 Å². The monoisotopic (exact) mass is 339 g/mol. The van der Waals surface area contributed by atoms with Crippen molar-refractivity contribution in [1.82, 2.24) is 0 Å². The number of hydrogen-bond donors (Lipinski definition) is 0. The quantitative estimate of drug-likeness (QED) is 0.367. The minimum Gasteiger partial charge on any atom is -0.293 e. The second-order valence-corrected chi connectivity index (χ2v) is 3.98. The lowest BCUT2D eigenvalue weighted by molar-refractivity contribution is -0.387. The summed E-state index contributed by atoms with van der Waals surface area (Å²) >= 11 is 5.84. The topological polar surface area (TPSA) is 60.2 Å². The van der Waals surface area contributed by atoms with Crippen LogP contribution >= 0.6 is 31.9 Å². The fraction of sp³-hybridized carbons (Fsp3) is 0.125. The van der Waals surface area contributed by atoms with Gasteiger partial charge in [0.25, 0.3) is 0 Å². The number of alkyl halides is 1. The van der Waals surface area contributed by atoms with Crippen LogP contribution in [0.2, 0.25) is 0 Å². The molecule has 0 aliphatic heterocycles. The second-order valence-electron chi connectivity index (χ2n) is 2.57. The van der Waals surface area contributed by atoms with E-state index >= 15 is 0 Å². The average Bonchev–Trinajstić information content (AvgIpc) is 2.16. The number of ketones is 1. The minimum absolute atomic E-state index is 0.0936. The maximum Gasteiger partial charge on any atom is 0.305 e. The molecule has 0 N–H and O–H groups in total. The molecule has 0 heterocycles. The van der Waals surface area contributed by atoms with E-state index in [2.05, 4.69) is 31.9 Å². The molecule has 1 aromatic rings. The fourth-order valence-corrected chi connectivity index (χ4v) is 1.81. The molecule has 0 aliphatic rings. The maximum atomic E-state index is 13.5. The zero-order valence-electron chi connectivity index (χ0n) is 7.17. The van der Waals surface area contributed by atoms with Gasteiger partial charge in [-0.2, -0.15) is 4.39 Å². The standard InChI is InChI=1S/C8H4Br2FNO3/c9-3-6(13)7-4(10)1-2-5(8(7)11)12(14)15/h1-2H,3H2. The molecule has 7 heteroatoms. The molecule has 0 aliphatic carbocycles. The number of nitro groups is 1. The van der Waals surface area contributed by atoms with Crippen molar-refractivity contribution >= 4 is 43.3 Å². The van der Waals surface area contributed by atoms with Gasteiger partial charge in [0.15, 0.2) is 5.78 Å². The van der Waals surface area contributed by atoms with Crippen molar-refractivity contribution < 1.29 is 14.1 Å². The highest BCUT2D eigenvalue weighted by Gasteiger charge is 2.23. The Labute approximate surface area is 101 Å². The second kappa shape index (κ2) is 4.80. The summed E-state index contributed by atoms with van der Waals surface area (Å²) in [7, 11) is 0. The molecule has 0 amide bonds. The Morgan fingerprint density at radius 1 is 1.53 bits per heavy atom. The normalized spacial score (nSPS) is 10.1. The molecule has 0 aromatic heterocycles. The predicted octanol–water partition coefficient (Wildman–Crippen LogP) is 3.07. The summed E-state index contributed by atoms with van der Waals surface area (Å²) in [5, 5.41) is 10.3. The lowest BCUT2D eigenvalue weighted by Crippen LogP contribution is -2.07. The largest absolute Gasteiger partial charge is 0.305 e. The number of halogens is 3. The van der Waals surface area contributed by atoms with Gasteiger partial charge in [-0.1, -0.05) is 15.9 Å². The van der Waals surface area contributed by atoms with E-state index in [0.717, 1.165) is 6.07 Å². The molecule has 1 aromatic carbocycles. The van der Waals surface area contributed by atoms with Crippen LogP contribution in [0.4, 0.5) is 10.1 Å². The molecule has 0 unspecified atom stereocenters. The maximum absolute atomic E-state index is 13.5. The van der Waals surface area contributed by atoms with Crippen molar-refractivity contribution in [2.45, 2.75) is 0 Å². The number of Topliss-reactive ketones (excluding diaryl/α,β-unsaturated/α-hetero) is 1. The SMILES string of the molecule is O=C(CBr)c1c(Br)ccc([N+](=O)[O-])c1F. The predicted molar refractivity (Wildman–Crippen MR) is 58.9 cm³/mol. The molecule has 15 heavy (non-hydrogen) atoms. The van der Waals surface area contributed by atoms with E-state index in [4.69, 9.17) is 0 Å². The summed E-state index contributed by atoms with van der Waals surface area (Å²) in [6.07, 6.45) is 0. The van der Waals surface area contributed by atoms with Gasteiger partial charge in [-0.25, -0.2) is 0 Å². The third-order valence-corrected chi connectivity index (χ3v) is 2.84. The van der Waals surface area contributed by atoms with Crippen molar-refractivity contribution in [1.29, 1.82) is 0 Å². The first kappa shape index (κ1) is 12.3. The van der Waals surface area contributed by atoms with Crippen LogP contribution in [0.25, 0.3) is 0 Å². The molecule has 0 saturated heterocycles. The summed E-state index contributed by atoms with van der Waals surface area (Å²) in [6, 6.07) is 2.28. The molecule has 0 radical (unpaired) electrons. The molecule has 4 nitrogen and oxygen atoms in total. The summed E-state index contributed by atoms with van der Waals surface area (Å²) in [6.45, 7) is 0. The minimum atomic E-state index is -1.11. The van der Waals surface area contributed by atoms with Gasteiger partial charge in [-0.3, -0.25) is 14.9 Å². The van der Waals surface area contributed by atoms with Crippen LogP contribution in [-0.4, -0.2) is 16.0 Å². The van der Waals surface area contributed by atoms with Crippen molar-refractivity contribution in [3.63, 3.8) is 0 Å². The number of rotatable bonds is 3. The Hall–Kier alpha value is -0.820. The zero-order valence-corrected chi connectivity index (χ0v) is 10.3. The highest BCUT2D eigenvalue weighted by Crippen LogP contribution is 2.28. The molecular weight excluding hydrogens is 337 g/mol. The van der Waals surface area contributed by atoms with Crippen molar-refractivity contribution in [3.05, 3.63) is 38.1 Å². The van der Waals surface area contributed by atoms with Gasteiger partial charge in [0.2, 0.25) is 5.82 Å². The summed E-state index contributed by atoms with van der Waals surface area (Å²) < 4.78 is 13.7. The van der Waals surface area contributed by atoms with Crippen LogP contribution in [0.1, 0.15) is 10.4 Å². The van der Waals surface area contributed by atoms with Crippen molar-refractivity contribution in [2.24, 2.45) is 0 Å².